The fourth-order valence-electron chi connectivity index (χ4n) is 3.33. The van der Waals surface area contributed by atoms with Gasteiger partial charge < -0.3 is 15.4 Å². The number of nitrogens with one attached hydrogen (secondary N) is 2. The Bertz CT molecular complexity index is 1280. The van der Waals surface area contributed by atoms with E-state index in [4.69, 9.17) is 4.74 Å². The van der Waals surface area contributed by atoms with Crippen molar-refractivity contribution in [3.63, 3.8) is 0 Å². The Labute approximate surface area is 191 Å². The predicted octanol–water partition coefficient (Wildman–Crippen LogP) is 3.77. The number of ether oxygens (including phenoxy) is 1. The lowest BCUT2D eigenvalue weighted by Gasteiger charge is -2.12. The Kier molecular flexibility index (Phi) is 6.45. The molecule has 2 N–H and O–H groups in total. The summed E-state index contributed by atoms with van der Waals surface area (Å²) in [6, 6.07) is 17.4. The monoisotopic (exact) mass is 441 g/mol. The second kappa shape index (κ2) is 9.78. The van der Waals surface area contributed by atoms with E-state index >= 15 is 0 Å². The quantitative estimate of drug-likeness (QED) is 0.455. The number of nitrogens with zero attached hydrogens (tertiary/aromatic N) is 3. The number of para-hydroxylation sites is 1. The van der Waals surface area contributed by atoms with Crippen molar-refractivity contribution in [2.75, 3.05) is 12.4 Å². The highest BCUT2D eigenvalue weighted by atomic mass is 16.5. The minimum absolute atomic E-state index is 0.294. The van der Waals surface area contributed by atoms with Crippen molar-refractivity contribution >= 4 is 17.5 Å². The molecule has 8 heteroatoms. The number of aryl methyl sites for hydroxylation is 1. The summed E-state index contributed by atoms with van der Waals surface area (Å²) in [6.07, 6.45) is 5.24. The van der Waals surface area contributed by atoms with Gasteiger partial charge in [-0.25, -0.2) is 9.97 Å². The number of rotatable bonds is 7. The van der Waals surface area contributed by atoms with Crippen LogP contribution in [0.25, 0.3) is 5.82 Å². The van der Waals surface area contributed by atoms with Crippen molar-refractivity contribution in [1.29, 1.82) is 0 Å². The summed E-state index contributed by atoms with van der Waals surface area (Å²) in [4.78, 5) is 34.1. The minimum Gasteiger partial charge on any atom is -0.497 e. The summed E-state index contributed by atoms with van der Waals surface area (Å²) in [5, 5.41) is 5.73. The first-order valence-electron chi connectivity index (χ1n) is 10.3. The third-order valence-corrected chi connectivity index (χ3v) is 5.11. The molecule has 2 heterocycles. The maximum absolute atomic E-state index is 12.9. The molecule has 0 radical (unpaired) electrons. The van der Waals surface area contributed by atoms with Gasteiger partial charge in [-0.05, 0) is 61.0 Å². The molecule has 166 valence electrons. The average molecular weight is 441 g/mol. The van der Waals surface area contributed by atoms with E-state index in [0.717, 1.165) is 17.2 Å². The molecule has 2 aromatic carbocycles. The zero-order valence-corrected chi connectivity index (χ0v) is 18.3. The summed E-state index contributed by atoms with van der Waals surface area (Å²) in [5.41, 5.74) is 2.16. The summed E-state index contributed by atoms with van der Waals surface area (Å²) < 4.78 is 6.99. The number of hydrogen-bond acceptors (Lipinski definition) is 5. The maximum Gasteiger partial charge on any atom is 0.255 e. The van der Waals surface area contributed by atoms with E-state index in [9.17, 15) is 9.59 Å². The average Bonchev–Trinajstić information content (AvgIpc) is 3.29. The van der Waals surface area contributed by atoms with Crippen molar-refractivity contribution in [3.05, 3.63) is 102 Å². The standard InChI is InChI=1S/C25H23N5O3/c1-17-26-13-14-30(17)23-15-18(11-12-27-23)16-28-25(32)21-5-3-4-6-22(21)29-24(31)19-7-9-20(33-2)10-8-19/h3-15H,16H2,1-2H3,(H,28,32)(H,29,31). The van der Waals surface area contributed by atoms with Gasteiger partial charge in [0.2, 0.25) is 0 Å². The van der Waals surface area contributed by atoms with Crippen molar-refractivity contribution in [1.82, 2.24) is 19.9 Å². The molecule has 4 aromatic rings. The second-order valence-corrected chi connectivity index (χ2v) is 7.28. The predicted molar refractivity (Wildman–Crippen MR) is 125 cm³/mol. The SMILES string of the molecule is COc1ccc(C(=O)Nc2ccccc2C(=O)NCc2ccnc(-n3ccnc3C)c2)cc1. The fraction of sp³-hybridized carbons (Fsp3) is 0.120. The summed E-state index contributed by atoms with van der Waals surface area (Å²) >= 11 is 0. The van der Waals surface area contributed by atoms with Gasteiger partial charge in [0.25, 0.3) is 11.8 Å². The minimum atomic E-state index is -0.313. The molecular weight excluding hydrogens is 418 g/mol. The maximum atomic E-state index is 12.9. The van der Waals surface area contributed by atoms with Gasteiger partial charge in [-0.2, -0.15) is 0 Å². The highest BCUT2D eigenvalue weighted by Crippen LogP contribution is 2.18. The molecule has 0 aliphatic heterocycles. The van der Waals surface area contributed by atoms with Gasteiger partial charge in [-0.3, -0.25) is 14.2 Å². The van der Waals surface area contributed by atoms with Crippen LogP contribution in [0.15, 0.2) is 79.3 Å². The molecule has 0 unspecified atom stereocenters. The fourth-order valence-corrected chi connectivity index (χ4v) is 3.33. The number of carbonyl (C=O) groups excluding carboxylic acids is 2. The zero-order chi connectivity index (χ0) is 23.2. The Morgan fingerprint density at radius 1 is 0.970 bits per heavy atom. The largest absolute Gasteiger partial charge is 0.497 e. The van der Waals surface area contributed by atoms with Crippen molar-refractivity contribution in [2.24, 2.45) is 0 Å². The van der Waals surface area contributed by atoms with Crippen molar-refractivity contribution in [3.8, 4) is 11.6 Å². The van der Waals surface area contributed by atoms with E-state index in [0.29, 0.717) is 29.1 Å². The molecule has 33 heavy (non-hydrogen) atoms. The number of methoxy groups -OCH3 is 1. The Hall–Kier alpha value is -4.46. The molecule has 0 spiro atoms. The number of amides is 2. The van der Waals surface area contributed by atoms with Crippen LogP contribution in [0.5, 0.6) is 5.75 Å². The van der Waals surface area contributed by atoms with Gasteiger partial charge in [0.15, 0.2) is 0 Å². The number of benzene rings is 2. The zero-order valence-electron chi connectivity index (χ0n) is 18.3. The van der Waals surface area contributed by atoms with Gasteiger partial charge in [-0.1, -0.05) is 12.1 Å². The van der Waals surface area contributed by atoms with Crippen LogP contribution in [0.2, 0.25) is 0 Å². The number of pyridine rings is 1. The first-order chi connectivity index (χ1) is 16.0. The van der Waals surface area contributed by atoms with Gasteiger partial charge in [0.05, 0.1) is 18.4 Å². The molecule has 4 rings (SSSR count). The van der Waals surface area contributed by atoms with Gasteiger partial charge in [0, 0.05) is 30.7 Å². The van der Waals surface area contributed by atoms with E-state index < -0.39 is 0 Å². The van der Waals surface area contributed by atoms with E-state index in [1.165, 1.54) is 0 Å². The topological polar surface area (TPSA) is 98.1 Å². The summed E-state index contributed by atoms with van der Waals surface area (Å²) in [7, 11) is 1.56. The van der Waals surface area contributed by atoms with Crippen LogP contribution in [-0.2, 0) is 6.54 Å². The van der Waals surface area contributed by atoms with Crippen LogP contribution in [0.3, 0.4) is 0 Å². The lowest BCUT2D eigenvalue weighted by Crippen LogP contribution is -2.25. The molecule has 0 saturated carbocycles. The van der Waals surface area contributed by atoms with Crippen LogP contribution >= 0.6 is 0 Å². The second-order valence-electron chi connectivity index (χ2n) is 7.28. The van der Waals surface area contributed by atoms with E-state index in [2.05, 4.69) is 20.6 Å². The van der Waals surface area contributed by atoms with E-state index in [1.54, 1.807) is 68.0 Å². The number of hydrogen-bond donors (Lipinski definition) is 2. The molecule has 0 bridgehead atoms. The highest BCUT2D eigenvalue weighted by molar-refractivity contribution is 6.09. The van der Waals surface area contributed by atoms with Crippen LogP contribution in [0.1, 0.15) is 32.1 Å². The normalized spacial score (nSPS) is 10.5. The van der Waals surface area contributed by atoms with E-state index in [1.807, 2.05) is 29.8 Å². The Morgan fingerprint density at radius 3 is 2.48 bits per heavy atom. The molecule has 2 amide bonds. The Morgan fingerprint density at radius 2 is 1.76 bits per heavy atom. The van der Waals surface area contributed by atoms with Gasteiger partial charge in [-0.15, -0.1) is 0 Å². The number of carbonyl (C=O) groups is 2. The molecule has 0 aliphatic carbocycles. The van der Waals surface area contributed by atoms with Gasteiger partial charge >= 0.3 is 0 Å². The lowest BCUT2D eigenvalue weighted by atomic mass is 10.1. The highest BCUT2D eigenvalue weighted by Gasteiger charge is 2.14. The van der Waals surface area contributed by atoms with Gasteiger partial charge in [0.1, 0.15) is 17.4 Å². The molecule has 0 aliphatic rings. The molecule has 0 atom stereocenters. The molecule has 0 saturated heterocycles. The molecule has 0 fully saturated rings. The number of anilines is 1. The van der Waals surface area contributed by atoms with Crippen LogP contribution < -0.4 is 15.4 Å². The summed E-state index contributed by atoms with van der Waals surface area (Å²) in [5.74, 6) is 1.60. The first-order valence-corrected chi connectivity index (χ1v) is 10.3. The third kappa shape index (κ3) is 5.07. The molecule has 8 nitrogen and oxygen atoms in total. The lowest BCUT2D eigenvalue weighted by molar-refractivity contribution is 0.0951. The molecular formula is C25H23N5O3. The summed E-state index contributed by atoms with van der Waals surface area (Å²) in [6.45, 7) is 2.20. The Balaban J connectivity index is 1.45. The third-order valence-electron chi connectivity index (χ3n) is 5.11. The van der Waals surface area contributed by atoms with Crippen LogP contribution in [-0.4, -0.2) is 33.5 Å². The molecule has 2 aromatic heterocycles. The van der Waals surface area contributed by atoms with Crippen molar-refractivity contribution < 1.29 is 14.3 Å². The number of aromatic nitrogens is 3. The van der Waals surface area contributed by atoms with Crippen LogP contribution in [0.4, 0.5) is 5.69 Å². The van der Waals surface area contributed by atoms with Crippen LogP contribution in [0, 0.1) is 6.92 Å². The van der Waals surface area contributed by atoms with E-state index in [-0.39, 0.29) is 11.8 Å². The number of imidazole rings is 1. The first kappa shape index (κ1) is 21.8. The van der Waals surface area contributed by atoms with Crippen molar-refractivity contribution in [2.45, 2.75) is 13.5 Å². The smallest absolute Gasteiger partial charge is 0.255 e.